The van der Waals surface area contributed by atoms with E-state index in [0.717, 1.165) is 0 Å². The molecule has 0 saturated heterocycles. The smallest absolute Gasteiger partial charge is 0.330 e. The summed E-state index contributed by atoms with van der Waals surface area (Å²) in [6.45, 7) is 11.6. The van der Waals surface area contributed by atoms with Crippen molar-refractivity contribution in [1.82, 2.24) is 0 Å². The Hall–Kier alpha value is -2.17. The van der Waals surface area contributed by atoms with Crippen molar-refractivity contribution in [1.29, 1.82) is 0 Å². The summed E-state index contributed by atoms with van der Waals surface area (Å²) in [7, 11) is -2.57. The van der Waals surface area contributed by atoms with Crippen LogP contribution in [0.2, 0.25) is 5.04 Å². The first-order chi connectivity index (χ1) is 13.8. The highest BCUT2D eigenvalue weighted by Crippen LogP contribution is 2.37. The molecule has 0 fully saturated rings. The third-order valence-corrected chi connectivity index (χ3v) is 10.9. The SMILES string of the molecule is C[C@@H]1C=CC(=O)O[C@H]1[C@@H](C)CO[Si](c1ccccc1)(c1ccccc1)C(C)(C)C. The number of hydrogen-bond donors (Lipinski definition) is 0. The number of carbonyl (C=O) groups is 1. The van der Waals surface area contributed by atoms with Crippen LogP contribution < -0.4 is 10.4 Å². The minimum atomic E-state index is -2.57. The quantitative estimate of drug-likeness (QED) is 0.528. The van der Waals surface area contributed by atoms with Crippen molar-refractivity contribution >= 4 is 24.7 Å². The van der Waals surface area contributed by atoms with Gasteiger partial charge >= 0.3 is 5.97 Å². The van der Waals surface area contributed by atoms with Crippen LogP contribution in [0.4, 0.5) is 0 Å². The van der Waals surface area contributed by atoms with Gasteiger partial charge in [-0.1, -0.05) is 101 Å². The Labute approximate surface area is 175 Å². The number of esters is 1. The van der Waals surface area contributed by atoms with E-state index in [0.29, 0.717) is 6.61 Å². The summed E-state index contributed by atoms with van der Waals surface area (Å²) in [5, 5.41) is 2.46. The van der Waals surface area contributed by atoms with Crippen LogP contribution in [0.25, 0.3) is 0 Å². The molecule has 0 aromatic heterocycles. The third kappa shape index (κ3) is 4.38. The number of benzene rings is 2. The zero-order chi connectivity index (χ0) is 21.1. The van der Waals surface area contributed by atoms with Gasteiger partial charge in [0.2, 0.25) is 0 Å². The van der Waals surface area contributed by atoms with Crippen molar-refractivity contribution in [3.05, 3.63) is 72.8 Å². The normalized spacial score (nSPS) is 20.9. The van der Waals surface area contributed by atoms with Crippen LogP contribution in [0.1, 0.15) is 34.6 Å². The summed E-state index contributed by atoms with van der Waals surface area (Å²) in [6, 6.07) is 21.2. The van der Waals surface area contributed by atoms with Gasteiger partial charge in [0.05, 0.1) is 0 Å². The number of hydrogen-bond acceptors (Lipinski definition) is 3. The minimum Gasteiger partial charge on any atom is -0.458 e. The van der Waals surface area contributed by atoms with E-state index in [-0.39, 0.29) is 28.9 Å². The average Bonchev–Trinajstić information content (AvgIpc) is 2.70. The molecule has 2 aromatic rings. The standard InChI is InChI=1S/C25H32O3Si/c1-19-16-17-23(26)28-24(19)20(2)18-27-29(25(3,4)5,21-12-8-6-9-13-21)22-14-10-7-11-15-22/h6-17,19-20,24H,18H2,1-5H3/t19-,20+,24-/m1/s1. The van der Waals surface area contributed by atoms with E-state index in [1.165, 1.54) is 16.4 Å². The molecule has 0 bridgehead atoms. The lowest BCUT2D eigenvalue weighted by Gasteiger charge is -2.44. The predicted octanol–water partition coefficient (Wildman–Crippen LogP) is 4.32. The van der Waals surface area contributed by atoms with Crippen molar-refractivity contribution in [3.63, 3.8) is 0 Å². The maximum Gasteiger partial charge on any atom is 0.330 e. The molecule has 0 N–H and O–H groups in total. The van der Waals surface area contributed by atoms with E-state index in [1.54, 1.807) is 0 Å². The predicted molar refractivity (Wildman–Crippen MR) is 121 cm³/mol. The molecular formula is C25H32O3Si. The highest BCUT2D eigenvalue weighted by molar-refractivity contribution is 6.99. The van der Waals surface area contributed by atoms with Crippen LogP contribution in [-0.4, -0.2) is 27.0 Å². The van der Waals surface area contributed by atoms with Gasteiger partial charge in [0, 0.05) is 24.5 Å². The summed E-state index contributed by atoms with van der Waals surface area (Å²) in [5.41, 5.74) is 0. The van der Waals surface area contributed by atoms with Crippen molar-refractivity contribution in [2.24, 2.45) is 11.8 Å². The van der Waals surface area contributed by atoms with Crippen molar-refractivity contribution < 1.29 is 14.0 Å². The van der Waals surface area contributed by atoms with Crippen LogP contribution in [0.3, 0.4) is 0 Å². The molecular weight excluding hydrogens is 376 g/mol. The second-order valence-electron chi connectivity index (χ2n) is 9.07. The lowest BCUT2D eigenvalue weighted by atomic mass is 9.92. The molecule has 0 radical (unpaired) electrons. The van der Waals surface area contributed by atoms with Gasteiger partial charge < -0.3 is 9.16 Å². The van der Waals surface area contributed by atoms with E-state index in [9.17, 15) is 4.79 Å². The van der Waals surface area contributed by atoms with Gasteiger partial charge in [-0.25, -0.2) is 4.79 Å². The topological polar surface area (TPSA) is 35.5 Å². The first-order valence-corrected chi connectivity index (χ1v) is 12.3. The van der Waals surface area contributed by atoms with E-state index in [1.807, 2.05) is 6.08 Å². The monoisotopic (exact) mass is 408 g/mol. The molecule has 2 aromatic carbocycles. The van der Waals surface area contributed by atoms with Crippen LogP contribution in [0.5, 0.6) is 0 Å². The van der Waals surface area contributed by atoms with Gasteiger partial charge in [-0.2, -0.15) is 0 Å². The van der Waals surface area contributed by atoms with Crippen molar-refractivity contribution in [2.45, 2.75) is 45.8 Å². The molecule has 3 atom stereocenters. The minimum absolute atomic E-state index is 0.0653. The Kier molecular flexibility index (Phi) is 6.44. The maximum atomic E-state index is 11.8. The second kappa shape index (κ2) is 8.68. The number of carbonyl (C=O) groups excluding carboxylic acids is 1. The summed E-state index contributed by atoms with van der Waals surface area (Å²) in [4.78, 5) is 11.8. The molecule has 0 spiro atoms. The van der Waals surface area contributed by atoms with E-state index >= 15 is 0 Å². The van der Waals surface area contributed by atoms with Gasteiger partial charge in [0.1, 0.15) is 6.10 Å². The summed E-state index contributed by atoms with van der Waals surface area (Å²) < 4.78 is 12.6. The third-order valence-electron chi connectivity index (χ3n) is 5.85. The number of rotatable bonds is 6. The average molecular weight is 409 g/mol. The van der Waals surface area contributed by atoms with Gasteiger partial charge in [-0.3, -0.25) is 0 Å². The molecule has 1 heterocycles. The molecule has 4 heteroatoms. The highest BCUT2D eigenvalue weighted by Gasteiger charge is 2.50. The molecule has 0 saturated carbocycles. The lowest BCUT2D eigenvalue weighted by molar-refractivity contribution is -0.150. The zero-order valence-electron chi connectivity index (χ0n) is 18.1. The first kappa shape index (κ1) is 21.5. The van der Waals surface area contributed by atoms with Gasteiger partial charge in [-0.15, -0.1) is 0 Å². The molecule has 154 valence electrons. The van der Waals surface area contributed by atoms with Crippen LogP contribution >= 0.6 is 0 Å². The van der Waals surface area contributed by atoms with Crippen LogP contribution in [-0.2, 0) is 14.0 Å². The summed E-state index contributed by atoms with van der Waals surface area (Å²) >= 11 is 0. The molecule has 29 heavy (non-hydrogen) atoms. The molecule has 0 unspecified atom stereocenters. The van der Waals surface area contributed by atoms with Gasteiger partial charge in [-0.05, 0) is 15.4 Å². The largest absolute Gasteiger partial charge is 0.458 e. The molecule has 1 aliphatic heterocycles. The molecule has 0 amide bonds. The van der Waals surface area contributed by atoms with E-state index in [4.69, 9.17) is 9.16 Å². The Morgan fingerprint density at radius 3 is 2.00 bits per heavy atom. The van der Waals surface area contributed by atoms with Crippen LogP contribution in [0.15, 0.2) is 72.8 Å². The summed E-state index contributed by atoms with van der Waals surface area (Å²) in [6.07, 6.45) is 3.30. The Balaban J connectivity index is 1.98. The van der Waals surface area contributed by atoms with Crippen LogP contribution in [0, 0.1) is 11.8 Å². The summed E-state index contributed by atoms with van der Waals surface area (Å²) in [5.74, 6) is 0.0244. The molecule has 0 aliphatic carbocycles. The van der Waals surface area contributed by atoms with Crippen molar-refractivity contribution in [3.8, 4) is 0 Å². The fourth-order valence-corrected chi connectivity index (χ4v) is 9.04. The first-order valence-electron chi connectivity index (χ1n) is 10.4. The van der Waals surface area contributed by atoms with Crippen molar-refractivity contribution in [2.75, 3.05) is 6.61 Å². The number of ether oxygens (including phenoxy) is 1. The Morgan fingerprint density at radius 2 is 1.52 bits per heavy atom. The number of cyclic esters (lactones) is 1. The lowest BCUT2D eigenvalue weighted by Crippen LogP contribution is -2.67. The Bertz CT molecular complexity index is 800. The zero-order valence-corrected chi connectivity index (χ0v) is 19.1. The molecule has 3 nitrogen and oxygen atoms in total. The fraction of sp³-hybridized carbons (Fsp3) is 0.400. The highest BCUT2D eigenvalue weighted by atomic mass is 28.4. The van der Waals surface area contributed by atoms with Gasteiger partial charge in [0.15, 0.2) is 0 Å². The second-order valence-corrected chi connectivity index (χ2v) is 13.4. The molecule has 3 rings (SSSR count). The van der Waals surface area contributed by atoms with Gasteiger partial charge in [0.25, 0.3) is 8.32 Å². The fourth-order valence-electron chi connectivity index (χ4n) is 4.37. The van der Waals surface area contributed by atoms with E-state index in [2.05, 4.69) is 95.3 Å². The Morgan fingerprint density at radius 1 is 1.00 bits per heavy atom. The molecule has 1 aliphatic rings. The maximum absolute atomic E-state index is 11.8. The van der Waals surface area contributed by atoms with E-state index < -0.39 is 8.32 Å².